The van der Waals surface area contributed by atoms with Crippen LogP contribution in [0, 0.1) is 0 Å². The van der Waals surface area contributed by atoms with Gasteiger partial charge in [0, 0.05) is 36.3 Å². The minimum absolute atomic E-state index is 0.0137. The third-order valence-corrected chi connectivity index (χ3v) is 4.67. The van der Waals surface area contributed by atoms with E-state index < -0.39 is 0 Å². The van der Waals surface area contributed by atoms with Gasteiger partial charge in [0.05, 0.1) is 12.6 Å². The van der Waals surface area contributed by atoms with Crippen molar-refractivity contribution in [3.05, 3.63) is 35.5 Å². The fourth-order valence-electron chi connectivity index (χ4n) is 3.48. The molecule has 3 heterocycles. The summed E-state index contributed by atoms with van der Waals surface area (Å²) >= 11 is 0. The van der Waals surface area contributed by atoms with E-state index in [1.165, 1.54) is 16.6 Å². The van der Waals surface area contributed by atoms with E-state index in [4.69, 9.17) is 4.74 Å². The lowest BCUT2D eigenvalue weighted by atomic mass is 10.0. The number of aromatic amines is 1. The van der Waals surface area contributed by atoms with E-state index in [2.05, 4.69) is 28.5 Å². The summed E-state index contributed by atoms with van der Waals surface area (Å²) in [6, 6.07) is 8.36. The van der Waals surface area contributed by atoms with Gasteiger partial charge in [0.1, 0.15) is 0 Å². The van der Waals surface area contributed by atoms with Crippen LogP contribution in [-0.2, 0) is 17.7 Å². The maximum Gasteiger partial charge on any atom is 0.317 e. The molecular formula is C17H21N3O2. The van der Waals surface area contributed by atoms with Crippen molar-refractivity contribution >= 4 is 16.9 Å². The predicted molar refractivity (Wildman–Crippen MR) is 84.8 cm³/mol. The first-order chi connectivity index (χ1) is 10.8. The van der Waals surface area contributed by atoms with E-state index in [1.54, 1.807) is 0 Å². The SMILES string of the molecule is O=C(NCC1CCCO1)N1CCc2c([nH]c3ccccc23)C1. The van der Waals surface area contributed by atoms with Crippen molar-refractivity contribution in [3.63, 3.8) is 0 Å². The fraction of sp³-hybridized carbons (Fsp3) is 0.471. The van der Waals surface area contributed by atoms with Gasteiger partial charge in [-0.05, 0) is 30.9 Å². The summed E-state index contributed by atoms with van der Waals surface area (Å²) in [6.45, 7) is 2.87. The molecule has 1 aromatic carbocycles. The molecule has 116 valence electrons. The zero-order chi connectivity index (χ0) is 14.9. The molecule has 2 aromatic rings. The molecule has 1 saturated heterocycles. The van der Waals surface area contributed by atoms with E-state index in [9.17, 15) is 4.79 Å². The van der Waals surface area contributed by atoms with Crippen LogP contribution in [0.2, 0.25) is 0 Å². The number of hydrogen-bond acceptors (Lipinski definition) is 2. The zero-order valence-corrected chi connectivity index (χ0v) is 12.6. The average molecular weight is 299 g/mol. The van der Waals surface area contributed by atoms with Gasteiger partial charge in [-0.2, -0.15) is 0 Å². The number of nitrogens with one attached hydrogen (secondary N) is 2. The molecule has 22 heavy (non-hydrogen) atoms. The van der Waals surface area contributed by atoms with Gasteiger partial charge >= 0.3 is 6.03 Å². The summed E-state index contributed by atoms with van der Waals surface area (Å²) in [5.74, 6) is 0. The minimum atomic E-state index is 0.0137. The average Bonchev–Trinajstić information content (AvgIpc) is 3.19. The molecule has 0 saturated carbocycles. The number of carbonyl (C=O) groups is 1. The van der Waals surface area contributed by atoms with Crippen molar-refractivity contribution in [3.8, 4) is 0 Å². The molecule has 2 amide bonds. The van der Waals surface area contributed by atoms with Gasteiger partial charge in [-0.15, -0.1) is 0 Å². The van der Waals surface area contributed by atoms with E-state index in [1.807, 2.05) is 11.0 Å². The summed E-state index contributed by atoms with van der Waals surface area (Å²) in [4.78, 5) is 17.7. The molecule has 1 unspecified atom stereocenters. The van der Waals surface area contributed by atoms with Crippen LogP contribution >= 0.6 is 0 Å². The fourth-order valence-corrected chi connectivity index (χ4v) is 3.48. The van der Waals surface area contributed by atoms with Crippen LogP contribution in [0.3, 0.4) is 0 Å². The van der Waals surface area contributed by atoms with E-state index in [0.29, 0.717) is 13.1 Å². The van der Waals surface area contributed by atoms with Crippen LogP contribution in [0.4, 0.5) is 4.79 Å². The molecular weight excluding hydrogens is 278 g/mol. The number of nitrogens with zero attached hydrogens (tertiary/aromatic N) is 1. The molecule has 2 N–H and O–H groups in total. The lowest BCUT2D eigenvalue weighted by Crippen LogP contribution is -2.44. The van der Waals surface area contributed by atoms with Crippen molar-refractivity contribution in [1.82, 2.24) is 15.2 Å². The number of amides is 2. The van der Waals surface area contributed by atoms with Crippen LogP contribution < -0.4 is 5.32 Å². The first-order valence-electron chi connectivity index (χ1n) is 8.04. The highest BCUT2D eigenvalue weighted by molar-refractivity contribution is 5.85. The van der Waals surface area contributed by atoms with Gasteiger partial charge in [0.2, 0.25) is 0 Å². The summed E-state index contributed by atoms with van der Waals surface area (Å²) in [5.41, 5.74) is 3.69. The van der Waals surface area contributed by atoms with Gasteiger partial charge in [0.15, 0.2) is 0 Å². The second-order valence-electron chi connectivity index (χ2n) is 6.12. The summed E-state index contributed by atoms with van der Waals surface area (Å²) in [7, 11) is 0. The second-order valence-corrected chi connectivity index (χ2v) is 6.12. The number of benzene rings is 1. The van der Waals surface area contributed by atoms with Crippen molar-refractivity contribution < 1.29 is 9.53 Å². The molecule has 5 nitrogen and oxygen atoms in total. The molecule has 5 heteroatoms. The number of para-hydroxylation sites is 1. The first-order valence-corrected chi connectivity index (χ1v) is 8.04. The third kappa shape index (κ3) is 2.46. The normalized spacial score (nSPS) is 21.1. The maximum atomic E-state index is 12.3. The highest BCUT2D eigenvalue weighted by Gasteiger charge is 2.24. The number of H-pyrrole nitrogens is 1. The number of urea groups is 1. The van der Waals surface area contributed by atoms with Crippen molar-refractivity contribution in [2.75, 3.05) is 19.7 Å². The Morgan fingerprint density at radius 2 is 2.32 bits per heavy atom. The first kappa shape index (κ1) is 13.6. The Bertz CT molecular complexity index is 688. The highest BCUT2D eigenvalue weighted by Crippen LogP contribution is 2.27. The Labute approximate surface area is 129 Å². The summed E-state index contributed by atoms with van der Waals surface area (Å²) < 4.78 is 5.55. The quantitative estimate of drug-likeness (QED) is 0.894. The Balaban J connectivity index is 1.43. The van der Waals surface area contributed by atoms with Gasteiger partial charge in [-0.1, -0.05) is 18.2 Å². The van der Waals surface area contributed by atoms with Crippen LogP contribution in [0.1, 0.15) is 24.1 Å². The van der Waals surface area contributed by atoms with Crippen LogP contribution in [0.5, 0.6) is 0 Å². The number of fused-ring (bicyclic) bond motifs is 3. The van der Waals surface area contributed by atoms with Crippen molar-refractivity contribution in [2.24, 2.45) is 0 Å². The highest BCUT2D eigenvalue weighted by atomic mass is 16.5. The van der Waals surface area contributed by atoms with E-state index in [0.717, 1.165) is 37.9 Å². The number of hydrogen-bond donors (Lipinski definition) is 2. The topological polar surface area (TPSA) is 57.4 Å². The molecule has 2 aliphatic rings. The molecule has 0 radical (unpaired) electrons. The van der Waals surface area contributed by atoms with E-state index in [-0.39, 0.29) is 12.1 Å². The second kappa shape index (κ2) is 5.65. The Kier molecular flexibility index (Phi) is 3.50. The smallest absolute Gasteiger partial charge is 0.317 e. The third-order valence-electron chi connectivity index (χ3n) is 4.67. The molecule has 2 aliphatic heterocycles. The Morgan fingerprint density at radius 1 is 1.41 bits per heavy atom. The number of carbonyl (C=O) groups excluding carboxylic acids is 1. The Hall–Kier alpha value is -2.01. The lowest BCUT2D eigenvalue weighted by molar-refractivity contribution is 0.108. The standard InChI is InChI=1S/C17H21N3O2/c21-17(18-10-12-4-3-9-22-12)20-8-7-14-13-5-1-2-6-15(13)19-16(14)11-20/h1-2,5-6,12,19H,3-4,7-11H2,(H,18,21). The van der Waals surface area contributed by atoms with Crippen molar-refractivity contribution in [1.29, 1.82) is 0 Å². The zero-order valence-electron chi connectivity index (χ0n) is 12.6. The van der Waals surface area contributed by atoms with Gasteiger partial charge < -0.3 is 19.9 Å². The van der Waals surface area contributed by atoms with Gasteiger partial charge in [-0.3, -0.25) is 0 Å². The lowest BCUT2D eigenvalue weighted by Gasteiger charge is -2.27. The summed E-state index contributed by atoms with van der Waals surface area (Å²) in [5, 5.41) is 4.30. The predicted octanol–water partition coefficient (Wildman–Crippen LogP) is 2.41. The van der Waals surface area contributed by atoms with E-state index >= 15 is 0 Å². The molecule has 1 atom stereocenters. The molecule has 0 aliphatic carbocycles. The number of ether oxygens (including phenoxy) is 1. The Morgan fingerprint density at radius 3 is 3.18 bits per heavy atom. The van der Waals surface area contributed by atoms with Gasteiger partial charge in [-0.25, -0.2) is 4.79 Å². The number of rotatable bonds is 2. The maximum absolute atomic E-state index is 12.3. The number of aromatic nitrogens is 1. The molecule has 1 fully saturated rings. The largest absolute Gasteiger partial charge is 0.376 e. The summed E-state index contributed by atoms with van der Waals surface area (Å²) in [6.07, 6.45) is 3.25. The van der Waals surface area contributed by atoms with Crippen LogP contribution in [0.25, 0.3) is 10.9 Å². The molecule has 4 rings (SSSR count). The molecule has 1 aromatic heterocycles. The molecule has 0 spiro atoms. The minimum Gasteiger partial charge on any atom is -0.376 e. The van der Waals surface area contributed by atoms with Gasteiger partial charge in [0.25, 0.3) is 0 Å². The monoisotopic (exact) mass is 299 g/mol. The molecule has 0 bridgehead atoms. The van der Waals surface area contributed by atoms with Crippen LogP contribution in [0.15, 0.2) is 24.3 Å². The van der Waals surface area contributed by atoms with Crippen LogP contribution in [-0.4, -0.2) is 41.7 Å². The van der Waals surface area contributed by atoms with Crippen molar-refractivity contribution in [2.45, 2.75) is 31.9 Å².